The van der Waals surface area contributed by atoms with Crippen LogP contribution in [-0.4, -0.2) is 71.2 Å². The predicted octanol–water partition coefficient (Wildman–Crippen LogP) is 4.64. The van der Waals surface area contributed by atoms with Crippen molar-refractivity contribution in [2.24, 2.45) is 28.9 Å². The Morgan fingerprint density at radius 2 is 1.84 bits per heavy atom. The zero-order valence-electron chi connectivity index (χ0n) is 23.4. The van der Waals surface area contributed by atoms with Crippen LogP contribution in [0.15, 0.2) is 23.3 Å². The van der Waals surface area contributed by atoms with Crippen molar-refractivity contribution in [1.29, 1.82) is 0 Å². The summed E-state index contributed by atoms with van der Waals surface area (Å²) in [4.78, 5) is 23.5. The Hall–Kier alpha value is -1.90. The molecule has 2 amide bonds. The molecule has 216 valence electrons. The number of hydrogen-bond acceptors (Lipinski definition) is 5. The number of carboxylic acids is 1. The van der Waals surface area contributed by atoms with Gasteiger partial charge in [-0.3, -0.25) is 4.79 Å². The van der Waals surface area contributed by atoms with E-state index in [1.165, 1.54) is 17.6 Å². The van der Waals surface area contributed by atoms with Crippen molar-refractivity contribution in [3.05, 3.63) is 23.3 Å². The number of carbonyl (C=O) groups is 2. The highest BCUT2D eigenvalue weighted by Crippen LogP contribution is 2.60. The Labute approximate surface area is 228 Å². The number of nitrogens with zero attached hydrogens (tertiary/aromatic N) is 1. The third kappa shape index (κ3) is 7.82. The summed E-state index contributed by atoms with van der Waals surface area (Å²) in [6.45, 7) is 4.03. The largest absolute Gasteiger partial charge is 0.481 e. The number of methoxy groups -OCH3 is 1. The maximum atomic E-state index is 11.3. The van der Waals surface area contributed by atoms with Crippen molar-refractivity contribution in [1.82, 2.24) is 4.90 Å². The molecule has 0 aromatic rings. The Balaban J connectivity index is 0.000000375. The average molecular weight is 535 g/mol. The number of aliphatic hydroxyl groups excluding tert-OH is 2. The second-order valence-electron chi connectivity index (χ2n) is 12.0. The molecule has 0 aromatic heterocycles. The van der Waals surface area contributed by atoms with Gasteiger partial charge in [0.1, 0.15) is 0 Å². The minimum Gasteiger partial charge on any atom is -0.481 e. The van der Waals surface area contributed by atoms with E-state index < -0.39 is 12.1 Å². The molecule has 3 saturated carbocycles. The fourth-order valence-corrected chi connectivity index (χ4v) is 7.63. The molecule has 0 aromatic carbocycles. The van der Waals surface area contributed by atoms with Gasteiger partial charge in [0.25, 0.3) is 0 Å². The quantitative estimate of drug-likeness (QED) is 0.376. The molecule has 1 aliphatic heterocycles. The third-order valence-electron chi connectivity index (χ3n) is 9.66. The van der Waals surface area contributed by atoms with E-state index in [9.17, 15) is 24.9 Å². The van der Waals surface area contributed by atoms with Gasteiger partial charge in [0.15, 0.2) is 0 Å². The van der Waals surface area contributed by atoms with Gasteiger partial charge in [-0.25, -0.2) is 4.79 Å². The van der Waals surface area contributed by atoms with Gasteiger partial charge in [-0.2, -0.15) is 0 Å². The van der Waals surface area contributed by atoms with E-state index >= 15 is 0 Å². The zero-order valence-corrected chi connectivity index (χ0v) is 23.4. The Bertz CT molecular complexity index is 852. The van der Waals surface area contributed by atoms with E-state index in [1.54, 1.807) is 12.0 Å². The van der Waals surface area contributed by atoms with Crippen LogP contribution in [0.5, 0.6) is 0 Å². The van der Waals surface area contributed by atoms with Crippen molar-refractivity contribution in [3.63, 3.8) is 0 Å². The topological polar surface area (TPSA) is 133 Å². The number of likely N-dealkylation sites (tertiary alicyclic amines) is 1. The highest BCUT2D eigenvalue weighted by atomic mass is 16.5. The van der Waals surface area contributed by atoms with Crippen LogP contribution in [0, 0.1) is 23.2 Å². The van der Waals surface area contributed by atoms with Gasteiger partial charge < -0.3 is 30.7 Å². The van der Waals surface area contributed by atoms with E-state index in [0.717, 1.165) is 83.7 Å². The van der Waals surface area contributed by atoms with E-state index in [2.05, 4.69) is 19.1 Å². The molecule has 1 unspecified atom stereocenters. The van der Waals surface area contributed by atoms with Crippen LogP contribution in [0.1, 0.15) is 90.4 Å². The Morgan fingerprint density at radius 3 is 2.42 bits per heavy atom. The summed E-state index contributed by atoms with van der Waals surface area (Å²) in [5, 5.41) is 29.3. The SMILES string of the molecule is COC(CC(=O)O)[C@@H](CO)[C@H]1CC[C@H]2C(=CC=C3CCC[C@H](O)C3)CCC[C@]12C.NC(=O)N1CCCCC1. The first-order chi connectivity index (χ1) is 18.2. The van der Waals surface area contributed by atoms with E-state index in [4.69, 9.17) is 10.5 Å². The van der Waals surface area contributed by atoms with Crippen molar-refractivity contribution < 1.29 is 29.6 Å². The fraction of sp³-hybridized carbons (Fsp3) is 0.800. The normalized spacial score (nSPS) is 33.3. The minimum atomic E-state index is -0.875. The lowest BCUT2D eigenvalue weighted by molar-refractivity contribution is -0.142. The van der Waals surface area contributed by atoms with Crippen molar-refractivity contribution in [2.45, 2.75) is 103 Å². The summed E-state index contributed by atoms with van der Waals surface area (Å²) < 4.78 is 5.53. The minimum absolute atomic E-state index is 0.0280. The van der Waals surface area contributed by atoms with E-state index in [1.807, 2.05) is 0 Å². The second kappa shape index (κ2) is 14.5. The smallest absolute Gasteiger partial charge is 0.314 e. The van der Waals surface area contributed by atoms with Crippen LogP contribution in [0.4, 0.5) is 4.79 Å². The number of aliphatic hydroxyl groups is 2. The zero-order chi connectivity index (χ0) is 27.7. The molecule has 0 bridgehead atoms. The molecule has 1 saturated heterocycles. The first-order valence-electron chi connectivity index (χ1n) is 14.7. The second-order valence-corrected chi connectivity index (χ2v) is 12.0. The van der Waals surface area contributed by atoms with Gasteiger partial charge in [0.2, 0.25) is 0 Å². The molecule has 8 heteroatoms. The molecular formula is C30H50N2O6. The number of carbonyl (C=O) groups excluding carboxylic acids is 1. The predicted molar refractivity (Wildman–Crippen MR) is 147 cm³/mol. The van der Waals surface area contributed by atoms with Crippen molar-refractivity contribution in [3.8, 4) is 0 Å². The lowest BCUT2D eigenvalue weighted by Gasteiger charge is -2.46. The first kappa shape index (κ1) is 30.6. The maximum Gasteiger partial charge on any atom is 0.314 e. The number of rotatable bonds is 7. The maximum absolute atomic E-state index is 11.3. The van der Waals surface area contributed by atoms with Crippen LogP contribution in [0.25, 0.3) is 0 Å². The van der Waals surface area contributed by atoms with Crippen molar-refractivity contribution in [2.75, 3.05) is 26.8 Å². The summed E-state index contributed by atoms with van der Waals surface area (Å²) in [5.74, 6) is -0.254. The number of amides is 2. The number of allylic oxidation sites excluding steroid dienone is 3. The van der Waals surface area contributed by atoms with E-state index in [-0.39, 0.29) is 42.4 Å². The first-order valence-corrected chi connectivity index (χ1v) is 14.7. The van der Waals surface area contributed by atoms with Gasteiger partial charge >= 0.3 is 12.0 Å². The van der Waals surface area contributed by atoms with Crippen LogP contribution in [0.3, 0.4) is 0 Å². The number of nitrogens with two attached hydrogens (primary N) is 1. The molecule has 3 aliphatic carbocycles. The number of piperidine rings is 1. The monoisotopic (exact) mass is 534 g/mol. The fourth-order valence-electron chi connectivity index (χ4n) is 7.63. The van der Waals surface area contributed by atoms with Gasteiger partial charge in [0.05, 0.1) is 18.6 Å². The number of urea groups is 1. The number of primary amides is 1. The highest BCUT2D eigenvalue weighted by molar-refractivity contribution is 5.72. The molecule has 1 heterocycles. The summed E-state index contributed by atoms with van der Waals surface area (Å²) in [7, 11) is 1.56. The lowest BCUT2D eigenvalue weighted by atomic mass is 9.60. The molecule has 0 spiro atoms. The number of carboxylic acid groups (broad SMARTS) is 1. The number of hydrogen-bond donors (Lipinski definition) is 4. The van der Waals surface area contributed by atoms with Gasteiger partial charge in [0, 0.05) is 32.7 Å². The number of fused-ring (bicyclic) bond motifs is 1. The summed E-state index contributed by atoms with van der Waals surface area (Å²) in [6.07, 6.45) is 16.7. The van der Waals surface area contributed by atoms with Crippen LogP contribution < -0.4 is 5.73 Å². The standard InChI is InChI=1S/C24H38O5.C6H12N2O/c1-24-12-4-6-17(9-8-16-5-3-7-18(26)13-16)20(24)10-11-21(24)19(15-25)22(29-2)14-23(27)28;7-6(9)8-4-2-1-3-5-8/h8-9,18-22,25-26H,3-7,10-15H2,1-2H3,(H,27,28);1-5H2,(H2,7,9)/t18-,19-,20-,21+,22?,24-;/m0./s1. The van der Waals surface area contributed by atoms with Crippen LogP contribution in [0.2, 0.25) is 0 Å². The molecule has 4 aliphatic rings. The molecule has 8 nitrogen and oxygen atoms in total. The van der Waals surface area contributed by atoms with Gasteiger partial charge in [-0.05, 0) is 94.3 Å². The Morgan fingerprint density at radius 1 is 1.11 bits per heavy atom. The number of ether oxygens (including phenoxy) is 1. The van der Waals surface area contributed by atoms with Crippen LogP contribution >= 0.6 is 0 Å². The van der Waals surface area contributed by atoms with Crippen molar-refractivity contribution >= 4 is 12.0 Å². The van der Waals surface area contributed by atoms with Crippen LogP contribution in [-0.2, 0) is 9.53 Å². The molecule has 38 heavy (non-hydrogen) atoms. The van der Waals surface area contributed by atoms with Gasteiger partial charge in [-0.1, -0.05) is 30.2 Å². The molecular weight excluding hydrogens is 484 g/mol. The Kier molecular flexibility index (Phi) is 11.7. The summed E-state index contributed by atoms with van der Waals surface area (Å²) in [6, 6.07) is -0.269. The number of aliphatic carboxylic acids is 1. The summed E-state index contributed by atoms with van der Waals surface area (Å²) >= 11 is 0. The lowest BCUT2D eigenvalue weighted by Crippen LogP contribution is -2.43. The van der Waals surface area contributed by atoms with E-state index in [0.29, 0.717) is 5.92 Å². The molecule has 5 N–H and O–H groups in total. The average Bonchev–Trinajstić information content (AvgIpc) is 3.25. The van der Waals surface area contributed by atoms with Gasteiger partial charge in [-0.15, -0.1) is 0 Å². The highest BCUT2D eigenvalue weighted by Gasteiger charge is 2.53. The third-order valence-corrected chi connectivity index (χ3v) is 9.66. The molecule has 4 rings (SSSR count). The molecule has 6 atom stereocenters. The molecule has 4 fully saturated rings. The molecule has 0 radical (unpaired) electrons. The summed E-state index contributed by atoms with van der Waals surface area (Å²) in [5.41, 5.74) is 7.99.